The minimum absolute atomic E-state index is 0.0193. The van der Waals surface area contributed by atoms with Crippen LogP contribution in [0.15, 0.2) is 11.6 Å². The zero-order chi connectivity index (χ0) is 30.4. The first-order chi connectivity index (χ1) is 18.1. The summed E-state index contributed by atoms with van der Waals surface area (Å²) in [6, 6.07) is 0. The summed E-state index contributed by atoms with van der Waals surface area (Å²) in [6.07, 6.45) is 0.776. The van der Waals surface area contributed by atoms with Crippen LogP contribution in [0.1, 0.15) is 101 Å². The molecule has 0 spiro atoms. The molecule has 10 atom stereocenters. The number of fused-ring (bicyclic) bond motifs is 5. The van der Waals surface area contributed by atoms with Gasteiger partial charge in [-0.15, -0.1) is 0 Å². The van der Waals surface area contributed by atoms with E-state index in [1.165, 1.54) is 13.8 Å². The first kappa shape index (κ1) is 31.3. The highest BCUT2D eigenvalue weighted by atomic mass is 16.6. The molecule has 0 heterocycles. The van der Waals surface area contributed by atoms with Crippen LogP contribution in [-0.2, 0) is 19.1 Å². The Morgan fingerprint density at radius 1 is 1.02 bits per heavy atom. The molecule has 0 amide bonds. The van der Waals surface area contributed by atoms with Gasteiger partial charge in [-0.2, -0.15) is 0 Å². The van der Waals surface area contributed by atoms with Crippen molar-refractivity contribution in [3.05, 3.63) is 11.6 Å². The fourth-order valence-corrected chi connectivity index (χ4v) is 9.83. The molecule has 8 nitrogen and oxygen atoms in total. The van der Waals surface area contributed by atoms with Gasteiger partial charge in [-0.1, -0.05) is 46.3 Å². The van der Waals surface area contributed by atoms with Crippen molar-refractivity contribution in [2.24, 2.45) is 39.4 Å². The highest BCUT2D eigenvalue weighted by Crippen LogP contribution is 2.74. The molecule has 3 saturated carbocycles. The fraction of sp³-hybridized carbons (Fsp3) is 0.844. The van der Waals surface area contributed by atoms with Crippen LogP contribution in [0.3, 0.4) is 0 Å². The first-order valence-electron chi connectivity index (χ1n) is 14.8. The van der Waals surface area contributed by atoms with Gasteiger partial charge in [-0.3, -0.25) is 14.4 Å². The van der Waals surface area contributed by atoms with Crippen molar-refractivity contribution in [3.63, 3.8) is 0 Å². The molecule has 0 saturated heterocycles. The standard InChI is InChI=1S/C32H50O8/c1-17(33)40-27(2,3)13-12-23(36)32(9,39)25-21(35)15-29(6)22-11-10-18-19(14-20(34)26(38)28(18,4)5)31(22,8)24(37)16-30(25,29)7/h10,19-22,25-26,34-35,38-39H,11-16H2,1-9H3/t19-,20+,21-,22+,25+,26-,29+,30-,31+,32+/m0/s1. The van der Waals surface area contributed by atoms with Crippen LogP contribution >= 0.6 is 0 Å². The summed E-state index contributed by atoms with van der Waals surface area (Å²) in [5, 5.41) is 45.0. The molecule has 3 fully saturated rings. The molecule has 226 valence electrons. The second-order valence-corrected chi connectivity index (χ2v) is 15.4. The van der Waals surface area contributed by atoms with E-state index < -0.39 is 68.8 Å². The number of aliphatic hydroxyl groups is 4. The monoisotopic (exact) mass is 562 g/mol. The predicted molar refractivity (Wildman–Crippen MR) is 149 cm³/mol. The smallest absolute Gasteiger partial charge is 0.303 e. The van der Waals surface area contributed by atoms with Crippen LogP contribution in [0, 0.1) is 39.4 Å². The van der Waals surface area contributed by atoms with Gasteiger partial charge in [0.2, 0.25) is 0 Å². The van der Waals surface area contributed by atoms with Crippen LogP contribution < -0.4 is 0 Å². The molecule has 0 aromatic carbocycles. The van der Waals surface area contributed by atoms with E-state index in [9.17, 15) is 34.8 Å². The van der Waals surface area contributed by atoms with Crippen molar-refractivity contribution in [3.8, 4) is 0 Å². The summed E-state index contributed by atoms with van der Waals surface area (Å²) >= 11 is 0. The van der Waals surface area contributed by atoms with E-state index in [0.717, 1.165) is 5.57 Å². The van der Waals surface area contributed by atoms with Crippen molar-refractivity contribution >= 4 is 17.5 Å². The summed E-state index contributed by atoms with van der Waals surface area (Å²) in [5.74, 6) is -2.15. The van der Waals surface area contributed by atoms with Crippen LogP contribution in [0.2, 0.25) is 0 Å². The zero-order valence-corrected chi connectivity index (χ0v) is 25.7. The molecule has 0 aliphatic heterocycles. The van der Waals surface area contributed by atoms with Gasteiger partial charge in [0.1, 0.15) is 17.0 Å². The van der Waals surface area contributed by atoms with Crippen molar-refractivity contribution < 1.29 is 39.5 Å². The Bertz CT molecular complexity index is 1120. The molecule has 0 radical (unpaired) electrons. The molecule has 8 heteroatoms. The second kappa shape index (κ2) is 9.45. The normalized spacial score (nSPS) is 44.0. The number of esters is 1. The SMILES string of the molecule is CC(=O)OC(C)(C)CCC(=O)[C@@](C)(O)[C@@H]1[C@@H](O)C[C@]2(C)[C@H]3CC=C4[C@H](C[C@@H](O)[C@H](O)C4(C)C)[C@@]3(C)C(=O)C[C@@]12C. The van der Waals surface area contributed by atoms with Crippen molar-refractivity contribution in [2.45, 2.75) is 130 Å². The third-order valence-electron chi connectivity index (χ3n) is 12.2. The quantitative estimate of drug-likeness (QED) is 0.285. The number of carbonyl (C=O) groups excluding carboxylic acids is 3. The molecule has 4 N–H and O–H groups in total. The number of carbonyl (C=O) groups is 3. The number of hydrogen-bond donors (Lipinski definition) is 4. The first-order valence-corrected chi connectivity index (χ1v) is 14.8. The van der Waals surface area contributed by atoms with Gasteiger partial charge in [0.25, 0.3) is 0 Å². The molecular formula is C32H50O8. The lowest BCUT2D eigenvalue weighted by Crippen LogP contribution is -2.65. The Morgan fingerprint density at radius 3 is 2.20 bits per heavy atom. The largest absolute Gasteiger partial charge is 0.460 e. The van der Waals surface area contributed by atoms with Gasteiger partial charge in [-0.05, 0) is 69.1 Å². The van der Waals surface area contributed by atoms with Gasteiger partial charge in [-0.25, -0.2) is 0 Å². The van der Waals surface area contributed by atoms with Crippen LogP contribution in [-0.4, -0.2) is 67.5 Å². The van der Waals surface area contributed by atoms with E-state index in [4.69, 9.17) is 4.74 Å². The molecule has 4 aliphatic carbocycles. The van der Waals surface area contributed by atoms with E-state index in [2.05, 4.69) is 13.0 Å². The second-order valence-electron chi connectivity index (χ2n) is 15.4. The lowest BCUT2D eigenvalue weighted by molar-refractivity contribution is -0.188. The zero-order valence-electron chi connectivity index (χ0n) is 25.7. The predicted octanol–water partition coefficient (Wildman–Crippen LogP) is 3.52. The van der Waals surface area contributed by atoms with Crippen molar-refractivity contribution in [1.29, 1.82) is 0 Å². The van der Waals surface area contributed by atoms with Crippen molar-refractivity contribution in [1.82, 2.24) is 0 Å². The Kier molecular flexibility index (Phi) is 7.40. The lowest BCUT2D eigenvalue weighted by Gasteiger charge is -2.65. The Morgan fingerprint density at radius 2 is 1.62 bits per heavy atom. The maximum atomic E-state index is 14.3. The number of aliphatic hydroxyl groups excluding tert-OH is 3. The average molecular weight is 563 g/mol. The number of Topliss-reactive ketones (excluding diaryl/α,β-unsaturated/α-hetero) is 2. The van der Waals surface area contributed by atoms with E-state index in [0.29, 0.717) is 19.3 Å². The van der Waals surface area contributed by atoms with Crippen LogP contribution in [0.4, 0.5) is 0 Å². The minimum Gasteiger partial charge on any atom is -0.460 e. The molecule has 0 aromatic rings. The van der Waals surface area contributed by atoms with Gasteiger partial charge in [0.15, 0.2) is 5.78 Å². The summed E-state index contributed by atoms with van der Waals surface area (Å²) < 4.78 is 5.32. The molecule has 0 bridgehead atoms. The Balaban J connectivity index is 1.70. The highest BCUT2D eigenvalue weighted by Gasteiger charge is 2.74. The summed E-state index contributed by atoms with van der Waals surface area (Å²) in [4.78, 5) is 39.4. The summed E-state index contributed by atoms with van der Waals surface area (Å²) in [6.45, 7) is 16.1. The lowest BCUT2D eigenvalue weighted by atomic mass is 9.38. The minimum atomic E-state index is -1.89. The number of ether oxygens (including phenoxy) is 1. The van der Waals surface area contributed by atoms with E-state index in [1.807, 2.05) is 27.7 Å². The molecule has 4 rings (SSSR count). The number of allylic oxidation sites excluding steroid dienone is 1. The van der Waals surface area contributed by atoms with Crippen LogP contribution in [0.5, 0.6) is 0 Å². The van der Waals surface area contributed by atoms with Gasteiger partial charge >= 0.3 is 5.97 Å². The summed E-state index contributed by atoms with van der Waals surface area (Å²) in [7, 11) is 0. The fourth-order valence-electron chi connectivity index (χ4n) is 9.83. The average Bonchev–Trinajstić information content (AvgIpc) is 3.01. The van der Waals surface area contributed by atoms with E-state index in [-0.39, 0.29) is 36.9 Å². The highest BCUT2D eigenvalue weighted by molar-refractivity contribution is 5.90. The number of rotatable bonds is 6. The molecule has 4 aliphatic rings. The van der Waals surface area contributed by atoms with Crippen molar-refractivity contribution in [2.75, 3.05) is 0 Å². The number of hydrogen-bond acceptors (Lipinski definition) is 8. The summed E-state index contributed by atoms with van der Waals surface area (Å²) in [5.41, 5.74) is -4.68. The van der Waals surface area contributed by atoms with Gasteiger partial charge < -0.3 is 25.2 Å². The third-order valence-corrected chi connectivity index (χ3v) is 12.2. The van der Waals surface area contributed by atoms with E-state index >= 15 is 0 Å². The maximum absolute atomic E-state index is 14.3. The van der Waals surface area contributed by atoms with E-state index in [1.54, 1.807) is 13.8 Å². The molecule has 40 heavy (non-hydrogen) atoms. The van der Waals surface area contributed by atoms with Crippen LogP contribution in [0.25, 0.3) is 0 Å². The topological polar surface area (TPSA) is 141 Å². The molecule has 0 aromatic heterocycles. The Labute approximate surface area is 238 Å². The third kappa shape index (κ3) is 4.26. The molecule has 0 unspecified atom stereocenters. The number of ketones is 2. The Hall–Kier alpha value is -1.61. The van der Waals surface area contributed by atoms with Gasteiger partial charge in [0, 0.05) is 36.5 Å². The maximum Gasteiger partial charge on any atom is 0.303 e. The van der Waals surface area contributed by atoms with Gasteiger partial charge in [0.05, 0.1) is 18.3 Å². The molecular weight excluding hydrogens is 512 g/mol.